The minimum atomic E-state index is -1.08. The number of amides is 2. The number of hydrogen-bond donors (Lipinski definition) is 4. The van der Waals surface area contributed by atoms with Gasteiger partial charge in [0, 0.05) is 28.4 Å². The molecule has 2 amide bonds. The Morgan fingerprint density at radius 2 is 1.86 bits per heavy atom. The van der Waals surface area contributed by atoms with Gasteiger partial charge in [0.1, 0.15) is 10.6 Å². The molecule has 4 heterocycles. The van der Waals surface area contributed by atoms with Crippen molar-refractivity contribution < 1.29 is 19.4 Å². The van der Waals surface area contributed by atoms with Crippen LogP contribution in [0.4, 0.5) is 5.69 Å². The monoisotopic (exact) mass is 614 g/mol. The summed E-state index contributed by atoms with van der Waals surface area (Å²) < 4.78 is 5.96. The number of anilines is 1. The maximum atomic E-state index is 14.5. The third-order valence-corrected chi connectivity index (χ3v) is 10.7. The maximum Gasteiger partial charge on any atom is 0.238 e. The Kier molecular flexibility index (Phi) is 7.42. The summed E-state index contributed by atoms with van der Waals surface area (Å²) in [5.41, 5.74) is -0.265. The van der Waals surface area contributed by atoms with Crippen LogP contribution in [0.3, 0.4) is 0 Å². The van der Waals surface area contributed by atoms with Crippen molar-refractivity contribution in [1.29, 1.82) is 0 Å². The molecule has 0 unspecified atom stereocenters. The van der Waals surface area contributed by atoms with Gasteiger partial charge >= 0.3 is 0 Å². The van der Waals surface area contributed by atoms with E-state index < -0.39 is 28.5 Å². The molecule has 3 aliphatic heterocycles. The molecule has 5 atom stereocenters. The minimum Gasteiger partial charge on any atom is -0.388 e. The van der Waals surface area contributed by atoms with Crippen LogP contribution >= 0.6 is 23.2 Å². The fraction of sp³-hybridized carbons (Fsp3) is 0.594. The van der Waals surface area contributed by atoms with Crippen molar-refractivity contribution in [3.8, 4) is 0 Å². The fourth-order valence-electron chi connectivity index (χ4n) is 8.01. The highest BCUT2D eigenvalue weighted by atomic mass is 35.5. The summed E-state index contributed by atoms with van der Waals surface area (Å²) in [7, 11) is 0. The second-order valence-electron chi connectivity index (χ2n) is 14.0. The van der Waals surface area contributed by atoms with Crippen LogP contribution in [0.5, 0.6) is 0 Å². The second kappa shape index (κ2) is 10.4. The number of aromatic nitrogens is 1. The number of carbonyl (C=O) groups excluding carboxylic acids is 2. The SMILES string of the molecule is CC1(C)CCC2(CC1)N[C@@H](C(=O)N[C@@H]1CC[C@@H](C(C)(C)O)OC1)[C@H](c1ccnc(Cl)c1)[C@]21C(=O)Nc2cc(Cl)ccc21. The van der Waals surface area contributed by atoms with Crippen molar-refractivity contribution in [3.63, 3.8) is 0 Å². The van der Waals surface area contributed by atoms with Crippen LogP contribution in [-0.2, 0) is 19.7 Å². The molecule has 0 radical (unpaired) electrons. The van der Waals surface area contributed by atoms with Gasteiger partial charge in [0.2, 0.25) is 11.8 Å². The lowest BCUT2D eigenvalue weighted by atomic mass is 9.53. The van der Waals surface area contributed by atoms with Crippen molar-refractivity contribution in [2.45, 2.75) is 107 Å². The van der Waals surface area contributed by atoms with Crippen molar-refractivity contribution in [1.82, 2.24) is 15.6 Å². The molecule has 6 rings (SSSR count). The van der Waals surface area contributed by atoms with E-state index in [9.17, 15) is 14.7 Å². The van der Waals surface area contributed by atoms with Crippen LogP contribution in [0.2, 0.25) is 10.2 Å². The Labute approximate surface area is 257 Å². The van der Waals surface area contributed by atoms with Crippen molar-refractivity contribution in [3.05, 3.63) is 57.8 Å². The van der Waals surface area contributed by atoms with E-state index in [1.807, 2.05) is 18.2 Å². The number of benzene rings is 1. The molecule has 8 nitrogen and oxygen atoms in total. The molecule has 4 aliphatic rings. The molecule has 1 aromatic carbocycles. The quantitative estimate of drug-likeness (QED) is 0.356. The zero-order valence-corrected chi connectivity index (χ0v) is 26.1. The van der Waals surface area contributed by atoms with Gasteiger partial charge in [0.25, 0.3) is 0 Å². The number of nitrogens with one attached hydrogen (secondary N) is 3. The number of ether oxygens (including phenoxy) is 1. The topological polar surface area (TPSA) is 113 Å². The third kappa shape index (κ3) is 4.84. The molecule has 2 spiro atoms. The van der Waals surface area contributed by atoms with Crippen molar-refractivity contribution >= 4 is 40.7 Å². The summed E-state index contributed by atoms with van der Waals surface area (Å²) in [5.74, 6) is -0.871. The summed E-state index contributed by atoms with van der Waals surface area (Å²) in [6.07, 6.45) is 5.94. The van der Waals surface area contributed by atoms with Crippen LogP contribution in [0.15, 0.2) is 36.5 Å². The molecule has 3 fully saturated rings. The highest BCUT2D eigenvalue weighted by Crippen LogP contribution is 2.63. The zero-order chi connectivity index (χ0) is 30.1. The highest BCUT2D eigenvalue weighted by molar-refractivity contribution is 6.31. The van der Waals surface area contributed by atoms with Gasteiger partial charge in [-0.1, -0.05) is 43.1 Å². The molecule has 0 bridgehead atoms. The van der Waals surface area contributed by atoms with Crippen LogP contribution in [0.1, 0.15) is 83.3 Å². The zero-order valence-electron chi connectivity index (χ0n) is 24.6. The van der Waals surface area contributed by atoms with Crippen LogP contribution in [-0.4, -0.2) is 57.8 Å². The Morgan fingerprint density at radius 3 is 2.50 bits per heavy atom. The summed E-state index contributed by atoms with van der Waals surface area (Å²) in [6.45, 7) is 8.32. The van der Waals surface area contributed by atoms with Crippen LogP contribution in [0.25, 0.3) is 0 Å². The first-order valence-electron chi connectivity index (χ1n) is 14.9. The lowest BCUT2D eigenvalue weighted by Gasteiger charge is -2.50. The summed E-state index contributed by atoms with van der Waals surface area (Å²) in [4.78, 5) is 33.1. The van der Waals surface area contributed by atoms with Gasteiger partial charge in [-0.2, -0.15) is 0 Å². The summed E-state index contributed by atoms with van der Waals surface area (Å²) in [5, 5.41) is 21.4. The molecule has 4 N–H and O–H groups in total. The molecular weight excluding hydrogens is 575 g/mol. The normalized spacial score (nSPS) is 31.6. The van der Waals surface area contributed by atoms with Gasteiger partial charge in [0.15, 0.2) is 0 Å². The molecule has 1 aliphatic carbocycles. The number of rotatable bonds is 4. The second-order valence-corrected chi connectivity index (χ2v) is 14.8. The van der Waals surface area contributed by atoms with Gasteiger partial charge in [0.05, 0.1) is 30.4 Å². The molecule has 226 valence electrons. The molecule has 1 saturated carbocycles. The van der Waals surface area contributed by atoms with E-state index in [0.717, 1.165) is 36.8 Å². The van der Waals surface area contributed by atoms with Crippen LogP contribution < -0.4 is 16.0 Å². The minimum absolute atomic E-state index is 0.123. The molecule has 42 heavy (non-hydrogen) atoms. The van der Waals surface area contributed by atoms with E-state index in [1.54, 1.807) is 32.2 Å². The van der Waals surface area contributed by atoms with Gasteiger partial charge in [-0.15, -0.1) is 0 Å². The van der Waals surface area contributed by atoms with E-state index >= 15 is 0 Å². The average molecular weight is 616 g/mol. The number of pyridine rings is 1. The Bertz CT molecular complexity index is 1390. The Morgan fingerprint density at radius 1 is 1.12 bits per heavy atom. The van der Waals surface area contributed by atoms with E-state index in [1.165, 1.54) is 0 Å². The van der Waals surface area contributed by atoms with Gasteiger partial charge in [-0.05, 0) is 93.2 Å². The number of halogens is 2. The van der Waals surface area contributed by atoms with Gasteiger partial charge in [-0.25, -0.2) is 4.98 Å². The molecule has 10 heteroatoms. The lowest BCUT2D eigenvalue weighted by molar-refractivity contribution is -0.131. The van der Waals surface area contributed by atoms with Gasteiger partial charge in [-0.3, -0.25) is 14.9 Å². The fourth-order valence-corrected chi connectivity index (χ4v) is 8.36. The number of fused-ring (bicyclic) bond motifs is 3. The van der Waals surface area contributed by atoms with Gasteiger partial charge < -0.3 is 20.5 Å². The summed E-state index contributed by atoms with van der Waals surface area (Å²) >= 11 is 12.8. The third-order valence-electron chi connectivity index (χ3n) is 10.3. The van der Waals surface area contributed by atoms with Crippen molar-refractivity contribution in [2.24, 2.45) is 5.41 Å². The molecule has 2 saturated heterocycles. The first kappa shape index (κ1) is 29.8. The number of hydrogen-bond acceptors (Lipinski definition) is 6. The number of aliphatic hydroxyl groups is 1. The average Bonchev–Trinajstić information content (AvgIpc) is 3.38. The van der Waals surface area contributed by atoms with Crippen LogP contribution in [0, 0.1) is 5.41 Å². The molecule has 2 aromatic rings. The van der Waals surface area contributed by atoms with E-state index in [4.69, 9.17) is 27.9 Å². The van der Waals surface area contributed by atoms with E-state index in [2.05, 4.69) is 34.8 Å². The Hall–Kier alpha value is -2.23. The van der Waals surface area contributed by atoms with Crippen molar-refractivity contribution in [2.75, 3.05) is 11.9 Å². The molecular formula is C32H40Cl2N4O4. The standard InChI is InChI=1S/C32H40Cl2N4O4/c1-29(2)10-12-31(13-11-29)32(21-7-5-19(33)16-22(21)37-28(32)40)25(18-9-14-35-24(34)15-18)26(38-31)27(39)36-20-6-8-23(42-17-20)30(3,4)41/h5,7,9,14-16,20,23,25-26,38,41H,6,8,10-13,17H2,1-4H3,(H,36,39)(H,37,40)/t20-,23+,25+,26-,32-/m1/s1. The highest BCUT2D eigenvalue weighted by Gasteiger charge is 2.72. The predicted molar refractivity (Wildman–Crippen MR) is 163 cm³/mol. The Balaban J connectivity index is 1.44. The van der Waals surface area contributed by atoms with E-state index in [0.29, 0.717) is 35.3 Å². The molecule has 1 aromatic heterocycles. The maximum absolute atomic E-state index is 14.5. The number of carbonyl (C=O) groups is 2. The smallest absolute Gasteiger partial charge is 0.238 e. The predicted octanol–water partition coefficient (Wildman–Crippen LogP) is 5.11. The number of nitrogens with zero attached hydrogens (tertiary/aromatic N) is 1. The first-order chi connectivity index (χ1) is 19.8. The first-order valence-corrected chi connectivity index (χ1v) is 15.7. The lowest BCUT2D eigenvalue weighted by Crippen LogP contribution is -2.61. The largest absolute Gasteiger partial charge is 0.388 e. The van der Waals surface area contributed by atoms with E-state index in [-0.39, 0.29) is 29.4 Å². The summed E-state index contributed by atoms with van der Waals surface area (Å²) in [6, 6.07) is 8.29.